The first-order valence-electron chi connectivity index (χ1n) is 8.48. The third-order valence-electron chi connectivity index (χ3n) is 4.56. The maximum absolute atomic E-state index is 9.03. The van der Waals surface area contributed by atoms with E-state index in [1.165, 1.54) is 20.2 Å². The average Bonchev–Trinajstić information content (AvgIpc) is 3.32. The Balaban J connectivity index is 1.80. The molecule has 3 nitrogen and oxygen atoms in total. The average molecular weight is 365 g/mol. The van der Waals surface area contributed by atoms with Gasteiger partial charge in [0.25, 0.3) is 0 Å². The van der Waals surface area contributed by atoms with Gasteiger partial charge >= 0.3 is 0 Å². The van der Waals surface area contributed by atoms with Crippen molar-refractivity contribution in [1.82, 2.24) is 4.98 Å². The summed E-state index contributed by atoms with van der Waals surface area (Å²) >= 11 is 1.77. The summed E-state index contributed by atoms with van der Waals surface area (Å²) < 4.78 is 2.47. The molecule has 0 spiro atoms. The van der Waals surface area contributed by atoms with E-state index in [0.29, 0.717) is 17.6 Å². The fraction of sp³-hybridized carbons (Fsp3) is 0.0435. The Bertz CT molecular complexity index is 1290. The fourth-order valence-electron chi connectivity index (χ4n) is 3.15. The predicted octanol–water partition coefficient (Wildman–Crippen LogP) is 6.10. The number of nitrogens with zero attached hydrogens (tertiary/aromatic N) is 2. The lowest BCUT2D eigenvalue weighted by molar-refractivity contribution is 1.27. The van der Waals surface area contributed by atoms with E-state index in [4.69, 9.17) is 10.5 Å². The van der Waals surface area contributed by atoms with Crippen LogP contribution in [0.5, 0.6) is 0 Å². The molecule has 4 aromatic rings. The summed E-state index contributed by atoms with van der Waals surface area (Å²) in [6, 6.07) is 19.0. The second kappa shape index (κ2) is 6.96. The normalized spacial score (nSPS) is 11.4. The van der Waals surface area contributed by atoms with Crippen LogP contribution in [0.2, 0.25) is 0 Å². The van der Waals surface area contributed by atoms with Crippen molar-refractivity contribution in [2.75, 3.05) is 0 Å². The van der Waals surface area contributed by atoms with Crippen molar-refractivity contribution in [2.24, 2.45) is 0 Å². The minimum Gasteiger partial charge on any atom is -0.360 e. The molecule has 1 N–H and O–H groups in total. The van der Waals surface area contributed by atoms with Crippen LogP contribution in [0.25, 0.3) is 31.4 Å². The molecule has 0 aliphatic rings. The van der Waals surface area contributed by atoms with Gasteiger partial charge in [-0.25, -0.2) is 0 Å². The van der Waals surface area contributed by atoms with Crippen LogP contribution in [0.4, 0.5) is 0 Å². The van der Waals surface area contributed by atoms with Crippen molar-refractivity contribution in [1.29, 1.82) is 10.5 Å². The molecule has 2 aromatic heterocycles. The quantitative estimate of drug-likeness (QED) is 0.351. The van der Waals surface area contributed by atoms with Crippen LogP contribution in [0.1, 0.15) is 11.1 Å². The van der Waals surface area contributed by atoms with E-state index >= 15 is 0 Å². The number of fused-ring (bicyclic) bond motifs is 3. The van der Waals surface area contributed by atoms with Gasteiger partial charge in [0.1, 0.15) is 6.07 Å². The molecule has 0 fully saturated rings. The maximum atomic E-state index is 9.03. The minimum absolute atomic E-state index is 0.590. The fourth-order valence-corrected chi connectivity index (χ4v) is 4.21. The van der Waals surface area contributed by atoms with E-state index in [-0.39, 0.29) is 0 Å². The Labute approximate surface area is 161 Å². The molecule has 4 rings (SSSR count). The third kappa shape index (κ3) is 3.15. The van der Waals surface area contributed by atoms with Crippen molar-refractivity contribution in [3.05, 3.63) is 84.1 Å². The van der Waals surface area contributed by atoms with E-state index in [1.54, 1.807) is 23.6 Å². The predicted molar refractivity (Wildman–Crippen MR) is 111 cm³/mol. The van der Waals surface area contributed by atoms with Gasteiger partial charge in [0.2, 0.25) is 0 Å². The lowest BCUT2D eigenvalue weighted by Crippen LogP contribution is -1.82. The smallest absolute Gasteiger partial charge is 0.101 e. The second-order valence-electron chi connectivity index (χ2n) is 6.24. The van der Waals surface area contributed by atoms with E-state index in [2.05, 4.69) is 60.1 Å². The van der Waals surface area contributed by atoms with E-state index in [1.807, 2.05) is 12.1 Å². The standard InChI is InChI=1S/C23H15N3S/c1-2-15(12-24)3-4-16-5-7-22-19(9-16)20-11-18(6-8-23(20)27-22)21-10-17(13-25)14-26-21/h2-3,5-11,14,26H,1,4H2/b15-3+. The summed E-state index contributed by atoms with van der Waals surface area (Å²) in [5.41, 5.74) is 4.38. The Kier molecular flexibility index (Phi) is 4.34. The molecule has 0 radical (unpaired) electrons. The molecular weight excluding hydrogens is 350 g/mol. The molecule has 27 heavy (non-hydrogen) atoms. The van der Waals surface area contributed by atoms with Crippen LogP contribution in [-0.2, 0) is 6.42 Å². The molecule has 4 heteroatoms. The number of nitriles is 2. The number of allylic oxidation sites excluding steroid dienone is 3. The first kappa shape index (κ1) is 16.8. The summed E-state index contributed by atoms with van der Waals surface area (Å²) in [6.45, 7) is 3.66. The van der Waals surface area contributed by atoms with Crippen LogP contribution in [-0.4, -0.2) is 4.98 Å². The number of benzene rings is 2. The van der Waals surface area contributed by atoms with Gasteiger partial charge in [0, 0.05) is 37.6 Å². The number of aromatic nitrogens is 1. The highest BCUT2D eigenvalue weighted by Gasteiger charge is 2.09. The Hall–Kier alpha value is -3.60. The van der Waals surface area contributed by atoms with E-state index in [9.17, 15) is 0 Å². The van der Waals surface area contributed by atoms with Gasteiger partial charge in [-0.3, -0.25) is 0 Å². The van der Waals surface area contributed by atoms with Crippen molar-refractivity contribution in [2.45, 2.75) is 6.42 Å². The zero-order valence-electron chi connectivity index (χ0n) is 14.5. The number of thiophene rings is 1. The number of hydrogen-bond acceptors (Lipinski definition) is 3. The van der Waals surface area contributed by atoms with Gasteiger partial charge < -0.3 is 4.98 Å². The molecule has 128 valence electrons. The molecular formula is C23H15N3S. The molecule has 2 heterocycles. The molecule has 0 aliphatic heterocycles. The van der Waals surface area contributed by atoms with Gasteiger partial charge in [0.05, 0.1) is 11.6 Å². The molecule has 0 amide bonds. The number of H-pyrrole nitrogens is 1. The van der Waals surface area contributed by atoms with Gasteiger partial charge in [-0.15, -0.1) is 11.3 Å². The summed E-state index contributed by atoms with van der Waals surface area (Å²) in [6.07, 6.45) is 5.90. The lowest BCUT2D eigenvalue weighted by Gasteiger charge is -2.01. The maximum Gasteiger partial charge on any atom is 0.101 e. The lowest BCUT2D eigenvalue weighted by atomic mass is 10.0. The zero-order chi connectivity index (χ0) is 18.8. The number of rotatable bonds is 4. The highest BCUT2D eigenvalue weighted by molar-refractivity contribution is 7.25. The summed E-state index contributed by atoms with van der Waals surface area (Å²) in [4.78, 5) is 3.17. The molecule has 0 aliphatic carbocycles. The van der Waals surface area contributed by atoms with Gasteiger partial charge in [-0.05, 0) is 47.9 Å². The van der Waals surface area contributed by atoms with Crippen LogP contribution < -0.4 is 0 Å². The summed E-state index contributed by atoms with van der Waals surface area (Å²) in [5, 5.41) is 20.5. The van der Waals surface area contributed by atoms with E-state index in [0.717, 1.165) is 16.8 Å². The van der Waals surface area contributed by atoms with Crippen molar-refractivity contribution >= 4 is 31.5 Å². The third-order valence-corrected chi connectivity index (χ3v) is 5.72. The van der Waals surface area contributed by atoms with Gasteiger partial charge in [0.15, 0.2) is 0 Å². The number of nitrogens with one attached hydrogen (secondary N) is 1. The van der Waals surface area contributed by atoms with Crippen LogP contribution in [0, 0.1) is 22.7 Å². The van der Waals surface area contributed by atoms with Crippen LogP contribution >= 0.6 is 11.3 Å². The number of hydrogen-bond donors (Lipinski definition) is 1. The summed E-state index contributed by atoms with van der Waals surface area (Å²) in [5.74, 6) is 0. The minimum atomic E-state index is 0.590. The Morgan fingerprint density at radius 1 is 1.07 bits per heavy atom. The first-order valence-corrected chi connectivity index (χ1v) is 9.30. The Morgan fingerprint density at radius 3 is 2.56 bits per heavy atom. The first-order chi connectivity index (χ1) is 13.2. The van der Waals surface area contributed by atoms with Crippen molar-refractivity contribution < 1.29 is 0 Å². The molecule has 0 saturated carbocycles. The topological polar surface area (TPSA) is 63.4 Å². The highest BCUT2D eigenvalue weighted by atomic mass is 32.1. The molecule has 0 saturated heterocycles. The Morgan fingerprint density at radius 2 is 1.85 bits per heavy atom. The van der Waals surface area contributed by atoms with Gasteiger partial charge in [-0.2, -0.15) is 10.5 Å². The monoisotopic (exact) mass is 365 g/mol. The van der Waals surface area contributed by atoms with Crippen LogP contribution in [0.3, 0.4) is 0 Å². The molecule has 0 unspecified atom stereocenters. The highest BCUT2D eigenvalue weighted by Crippen LogP contribution is 2.36. The SMILES string of the molecule is C=C/C(C#N)=C\Cc1ccc2sc3ccc(-c4cc(C#N)c[nH]4)cc3c2c1. The molecule has 2 aromatic carbocycles. The zero-order valence-corrected chi connectivity index (χ0v) is 15.3. The van der Waals surface area contributed by atoms with Gasteiger partial charge in [-0.1, -0.05) is 30.9 Å². The van der Waals surface area contributed by atoms with Crippen molar-refractivity contribution in [3.63, 3.8) is 0 Å². The largest absolute Gasteiger partial charge is 0.360 e. The van der Waals surface area contributed by atoms with Crippen LogP contribution in [0.15, 0.2) is 73.0 Å². The molecule has 0 bridgehead atoms. The van der Waals surface area contributed by atoms with E-state index < -0.39 is 0 Å². The second-order valence-corrected chi connectivity index (χ2v) is 7.32. The molecule has 0 atom stereocenters. The number of aromatic amines is 1. The summed E-state index contributed by atoms with van der Waals surface area (Å²) in [7, 11) is 0. The van der Waals surface area contributed by atoms with Crippen molar-refractivity contribution in [3.8, 4) is 23.4 Å².